The van der Waals surface area contributed by atoms with E-state index in [9.17, 15) is 4.79 Å². The van der Waals surface area contributed by atoms with Gasteiger partial charge in [0, 0.05) is 12.4 Å². The van der Waals surface area contributed by atoms with Crippen molar-refractivity contribution in [2.24, 2.45) is 5.41 Å². The summed E-state index contributed by atoms with van der Waals surface area (Å²) in [6.45, 7) is 4.45. The van der Waals surface area contributed by atoms with Gasteiger partial charge in [-0.1, -0.05) is 0 Å². The Hall–Kier alpha value is -0.220. The second kappa shape index (κ2) is 5.75. The number of hydrogen-bond donors (Lipinski definition) is 1. The monoisotopic (exact) mass is 232 g/mol. The summed E-state index contributed by atoms with van der Waals surface area (Å²) in [4.78, 5) is 10.8. The van der Waals surface area contributed by atoms with Gasteiger partial charge in [0.05, 0.1) is 11.5 Å². The number of hydrogen-bond acceptors (Lipinski definition) is 3. The van der Waals surface area contributed by atoms with Crippen LogP contribution in [0.5, 0.6) is 0 Å². The smallest absolute Gasteiger partial charge is 0.309 e. The van der Waals surface area contributed by atoms with Gasteiger partial charge in [0.1, 0.15) is 0 Å². The lowest BCUT2D eigenvalue weighted by Crippen LogP contribution is -2.24. The zero-order chi connectivity index (χ0) is 11.3. The molecular formula is C11H20O3S. The molecule has 1 heterocycles. The Morgan fingerprint density at radius 2 is 2.33 bits per heavy atom. The van der Waals surface area contributed by atoms with Crippen LogP contribution in [0.15, 0.2) is 0 Å². The molecule has 0 spiro atoms. The Labute approximate surface area is 95.6 Å². The van der Waals surface area contributed by atoms with Gasteiger partial charge in [-0.15, -0.1) is 0 Å². The summed E-state index contributed by atoms with van der Waals surface area (Å²) in [5.74, 6) is 1.20. The molecule has 0 amide bonds. The molecule has 1 fully saturated rings. The van der Waals surface area contributed by atoms with Gasteiger partial charge < -0.3 is 9.84 Å². The standard InChI is InChI=1S/C11H20O3S/c1-11(2,10(12)13)5-7-15-8-9-4-3-6-14-9/h9H,3-8H2,1-2H3,(H,12,13). The van der Waals surface area contributed by atoms with Gasteiger partial charge in [0.15, 0.2) is 0 Å². The zero-order valence-corrected chi connectivity index (χ0v) is 10.3. The van der Waals surface area contributed by atoms with Crippen LogP contribution < -0.4 is 0 Å². The number of carboxylic acid groups (broad SMARTS) is 1. The lowest BCUT2D eigenvalue weighted by molar-refractivity contribution is -0.146. The highest BCUT2D eigenvalue weighted by molar-refractivity contribution is 7.99. The minimum absolute atomic E-state index is 0.406. The van der Waals surface area contributed by atoms with Crippen LogP contribution in [0, 0.1) is 5.41 Å². The van der Waals surface area contributed by atoms with E-state index in [1.54, 1.807) is 25.6 Å². The van der Waals surface area contributed by atoms with Crippen molar-refractivity contribution >= 4 is 17.7 Å². The first-order valence-electron chi connectivity index (χ1n) is 5.45. The summed E-state index contributed by atoms with van der Waals surface area (Å²) in [5.41, 5.74) is -0.594. The lowest BCUT2D eigenvalue weighted by Gasteiger charge is -2.18. The van der Waals surface area contributed by atoms with Crippen LogP contribution in [0.4, 0.5) is 0 Å². The third-order valence-electron chi connectivity index (χ3n) is 2.78. The third kappa shape index (κ3) is 4.43. The Bertz CT molecular complexity index is 210. The first-order chi connectivity index (χ1) is 7.02. The van der Waals surface area contributed by atoms with Crippen LogP contribution in [-0.2, 0) is 9.53 Å². The molecule has 0 bridgehead atoms. The van der Waals surface area contributed by atoms with E-state index in [1.165, 1.54) is 6.42 Å². The maximum atomic E-state index is 10.8. The molecule has 1 rings (SSSR count). The zero-order valence-electron chi connectivity index (χ0n) is 9.49. The van der Waals surface area contributed by atoms with E-state index in [-0.39, 0.29) is 0 Å². The van der Waals surface area contributed by atoms with E-state index in [4.69, 9.17) is 9.84 Å². The fraction of sp³-hybridized carbons (Fsp3) is 0.909. The quantitative estimate of drug-likeness (QED) is 0.714. The van der Waals surface area contributed by atoms with E-state index >= 15 is 0 Å². The van der Waals surface area contributed by atoms with Crippen molar-refractivity contribution in [2.75, 3.05) is 18.1 Å². The van der Waals surface area contributed by atoms with Gasteiger partial charge >= 0.3 is 5.97 Å². The van der Waals surface area contributed by atoms with Crippen molar-refractivity contribution in [3.05, 3.63) is 0 Å². The molecule has 1 aliphatic heterocycles. The molecule has 0 aromatic heterocycles. The summed E-state index contributed by atoms with van der Waals surface area (Å²) in [5, 5.41) is 8.92. The normalized spacial score (nSPS) is 21.9. The van der Waals surface area contributed by atoms with Crippen molar-refractivity contribution in [1.29, 1.82) is 0 Å². The number of thioether (sulfide) groups is 1. The molecule has 15 heavy (non-hydrogen) atoms. The number of ether oxygens (including phenoxy) is 1. The van der Waals surface area contributed by atoms with Gasteiger partial charge in [-0.3, -0.25) is 4.79 Å². The number of rotatable bonds is 6. The first kappa shape index (κ1) is 12.8. The Morgan fingerprint density at radius 3 is 2.87 bits per heavy atom. The van der Waals surface area contributed by atoms with E-state index in [0.29, 0.717) is 6.10 Å². The summed E-state index contributed by atoms with van der Waals surface area (Å²) in [6.07, 6.45) is 3.46. The van der Waals surface area contributed by atoms with Crippen molar-refractivity contribution in [1.82, 2.24) is 0 Å². The highest BCUT2D eigenvalue weighted by Gasteiger charge is 2.26. The molecule has 88 valence electrons. The van der Waals surface area contributed by atoms with Gasteiger partial charge in [-0.05, 0) is 38.9 Å². The Morgan fingerprint density at radius 1 is 1.60 bits per heavy atom. The van der Waals surface area contributed by atoms with Crippen LogP contribution in [0.1, 0.15) is 33.1 Å². The number of aliphatic carboxylic acids is 1. The van der Waals surface area contributed by atoms with E-state index in [1.807, 2.05) is 0 Å². The second-order valence-corrected chi connectivity index (χ2v) is 5.80. The van der Waals surface area contributed by atoms with Crippen LogP contribution >= 0.6 is 11.8 Å². The van der Waals surface area contributed by atoms with Crippen molar-refractivity contribution in [2.45, 2.75) is 39.2 Å². The van der Waals surface area contributed by atoms with Crippen molar-refractivity contribution < 1.29 is 14.6 Å². The Kier molecular flexibility index (Phi) is 4.93. The lowest BCUT2D eigenvalue weighted by atomic mass is 9.91. The molecule has 3 nitrogen and oxygen atoms in total. The summed E-state index contributed by atoms with van der Waals surface area (Å²) >= 11 is 1.81. The number of carbonyl (C=O) groups is 1. The second-order valence-electron chi connectivity index (χ2n) is 4.65. The topological polar surface area (TPSA) is 46.5 Å². The van der Waals surface area contributed by atoms with Crippen molar-refractivity contribution in [3.63, 3.8) is 0 Å². The maximum absolute atomic E-state index is 10.8. The minimum atomic E-state index is -0.708. The SMILES string of the molecule is CC(C)(CCSCC1CCCO1)C(=O)O. The molecule has 1 N–H and O–H groups in total. The fourth-order valence-corrected chi connectivity index (χ4v) is 2.77. The molecule has 1 atom stereocenters. The molecular weight excluding hydrogens is 212 g/mol. The van der Waals surface area contributed by atoms with E-state index in [2.05, 4.69) is 0 Å². The van der Waals surface area contributed by atoms with Gasteiger partial charge in [0.25, 0.3) is 0 Å². The molecule has 0 aromatic carbocycles. The highest BCUT2D eigenvalue weighted by Crippen LogP contribution is 2.24. The molecule has 0 radical (unpaired) electrons. The summed E-state index contributed by atoms with van der Waals surface area (Å²) in [7, 11) is 0. The van der Waals surface area contributed by atoms with Gasteiger partial charge in [0.2, 0.25) is 0 Å². The molecule has 0 aliphatic carbocycles. The average Bonchev–Trinajstić information content (AvgIpc) is 2.64. The van der Waals surface area contributed by atoms with Crippen LogP contribution in [-0.4, -0.2) is 35.3 Å². The van der Waals surface area contributed by atoms with Gasteiger partial charge in [-0.2, -0.15) is 11.8 Å². The fourth-order valence-electron chi connectivity index (χ4n) is 1.42. The van der Waals surface area contributed by atoms with Crippen molar-refractivity contribution in [3.8, 4) is 0 Å². The molecule has 1 unspecified atom stereocenters. The third-order valence-corrected chi connectivity index (χ3v) is 3.88. The molecule has 1 saturated heterocycles. The summed E-state index contributed by atoms with van der Waals surface area (Å²) < 4.78 is 5.50. The largest absolute Gasteiger partial charge is 0.481 e. The predicted octanol–water partition coefficient (Wildman–Crippen LogP) is 2.40. The maximum Gasteiger partial charge on any atom is 0.309 e. The van der Waals surface area contributed by atoms with Gasteiger partial charge in [-0.25, -0.2) is 0 Å². The van der Waals surface area contributed by atoms with E-state index < -0.39 is 11.4 Å². The van der Waals surface area contributed by atoms with E-state index in [0.717, 1.165) is 31.0 Å². The predicted molar refractivity (Wildman–Crippen MR) is 62.3 cm³/mol. The van der Waals surface area contributed by atoms with Crippen LogP contribution in [0.2, 0.25) is 0 Å². The Balaban J connectivity index is 2.08. The highest BCUT2D eigenvalue weighted by atomic mass is 32.2. The molecule has 1 aliphatic rings. The summed E-state index contributed by atoms with van der Waals surface area (Å²) in [6, 6.07) is 0. The average molecular weight is 232 g/mol. The van der Waals surface area contributed by atoms with Crippen LogP contribution in [0.3, 0.4) is 0 Å². The first-order valence-corrected chi connectivity index (χ1v) is 6.60. The van der Waals surface area contributed by atoms with Crippen LogP contribution in [0.25, 0.3) is 0 Å². The number of carboxylic acids is 1. The molecule has 0 saturated carbocycles. The molecule has 4 heteroatoms. The minimum Gasteiger partial charge on any atom is -0.481 e. The molecule has 0 aromatic rings.